The van der Waals surface area contributed by atoms with Gasteiger partial charge in [-0.3, -0.25) is 4.79 Å². The molecule has 0 saturated carbocycles. The summed E-state index contributed by atoms with van der Waals surface area (Å²) >= 11 is 3.57. The van der Waals surface area contributed by atoms with Crippen LogP contribution in [-0.4, -0.2) is 38.9 Å². The van der Waals surface area contributed by atoms with E-state index in [0.717, 1.165) is 6.42 Å². The molecule has 5 heteroatoms. The van der Waals surface area contributed by atoms with Gasteiger partial charge in [-0.1, -0.05) is 22.9 Å². The highest BCUT2D eigenvalue weighted by Crippen LogP contribution is 2.26. The third kappa shape index (κ3) is 2.77. The Labute approximate surface area is 114 Å². The second kappa shape index (κ2) is 5.18. The molecule has 4 nitrogen and oxygen atoms in total. The molecule has 1 fully saturated rings. The summed E-state index contributed by atoms with van der Waals surface area (Å²) in [5.74, 6) is 0.197. The number of carbonyl (C=O) groups excluding carboxylic acids is 1. The maximum Gasteiger partial charge on any atom is 0.254 e. The quantitative estimate of drug-likeness (QED) is 0.782. The van der Waals surface area contributed by atoms with Crippen molar-refractivity contribution in [3.63, 3.8) is 0 Å². The van der Waals surface area contributed by atoms with Crippen LogP contribution in [0.2, 0.25) is 0 Å². The van der Waals surface area contributed by atoms with Gasteiger partial charge in [0.25, 0.3) is 5.91 Å². The summed E-state index contributed by atoms with van der Waals surface area (Å²) in [6.45, 7) is 3.51. The molecule has 98 valence electrons. The minimum absolute atomic E-state index is 0.0980. The maximum atomic E-state index is 12.2. The Hall–Kier alpha value is -1.23. The lowest BCUT2D eigenvalue weighted by Crippen LogP contribution is -2.43. The number of rotatable bonds is 1. The van der Waals surface area contributed by atoms with Crippen LogP contribution in [-0.2, 0) is 0 Å². The van der Waals surface area contributed by atoms with Crippen LogP contribution in [0.25, 0.3) is 0 Å². The average molecular weight is 314 g/mol. The van der Waals surface area contributed by atoms with Gasteiger partial charge in [-0.15, -0.1) is 0 Å². The van der Waals surface area contributed by atoms with Crippen molar-refractivity contribution < 1.29 is 15.0 Å². The Morgan fingerprint density at radius 1 is 1.33 bits per heavy atom. The summed E-state index contributed by atoms with van der Waals surface area (Å²) < 4.78 is 0. The minimum atomic E-state index is -0.155. The van der Waals surface area contributed by atoms with Gasteiger partial charge in [-0.05, 0) is 24.5 Å². The van der Waals surface area contributed by atoms with E-state index in [-0.39, 0.29) is 17.4 Å². The zero-order valence-electron chi connectivity index (χ0n) is 10.1. The number of phenolic OH excluding ortho intramolecular Hbond substituents is 2. The van der Waals surface area contributed by atoms with Gasteiger partial charge in [0.2, 0.25) is 0 Å². The molecule has 1 aromatic rings. The van der Waals surface area contributed by atoms with Crippen LogP contribution in [0.5, 0.6) is 11.5 Å². The van der Waals surface area contributed by atoms with Crippen molar-refractivity contribution in [3.05, 3.63) is 23.8 Å². The number of hydrogen-bond acceptors (Lipinski definition) is 3. The monoisotopic (exact) mass is 313 g/mol. The Balaban J connectivity index is 2.16. The number of piperidine rings is 1. The van der Waals surface area contributed by atoms with E-state index in [9.17, 15) is 15.0 Å². The van der Waals surface area contributed by atoms with E-state index >= 15 is 0 Å². The van der Waals surface area contributed by atoms with Gasteiger partial charge in [0, 0.05) is 29.5 Å². The molecule has 1 amide bonds. The SMILES string of the molecule is CC1CCN(C(=O)c2cc(O)cc(O)c2)CC1Br. The first kappa shape index (κ1) is 13.2. The van der Waals surface area contributed by atoms with Crippen LogP contribution in [0.4, 0.5) is 0 Å². The highest BCUT2D eigenvalue weighted by molar-refractivity contribution is 9.09. The fraction of sp³-hybridized carbons (Fsp3) is 0.462. The van der Waals surface area contributed by atoms with Crippen LogP contribution in [0.1, 0.15) is 23.7 Å². The molecule has 1 aromatic carbocycles. The molecule has 0 aromatic heterocycles. The van der Waals surface area contributed by atoms with Crippen LogP contribution in [0.3, 0.4) is 0 Å². The smallest absolute Gasteiger partial charge is 0.254 e. The second-order valence-electron chi connectivity index (χ2n) is 4.77. The molecular weight excluding hydrogens is 298 g/mol. The third-order valence-corrected chi connectivity index (χ3v) is 4.50. The summed E-state index contributed by atoms with van der Waals surface area (Å²) in [5, 5.41) is 18.8. The van der Waals surface area contributed by atoms with Crippen LogP contribution >= 0.6 is 15.9 Å². The summed E-state index contributed by atoms with van der Waals surface area (Å²) in [5.41, 5.74) is 0.321. The lowest BCUT2D eigenvalue weighted by atomic mass is 9.98. The fourth-order valence-electron chi connectivity index (χ4n) is 2.11. The number of hydrogen-bond donors (Lipinski definition) is 2. The number of likely N-dealkylation sites (tertiary alicyclic amines) is 1. The van der Waals surface area contributed by atoms with Gasteiger partial charge in [0.1, 0.15) is 11.5 Å². The number of carbonyl (C=O) groups is 1. The van der Waals surface area contributed by atoms with Crippen molar-refractivity contribution in [1.29, 1.82) is 0 Å². The number of alkyl halides is 1. The second-order valence-corrected chi connectivity index (χ2v) is 5.95. The van der Waals surface area contributed by atoms with Crippen LogP contribution < -0.4 is 0 Å². The first-order valence-electron chi connectivity index (χ1n) is 5.93. The summed E-state index contributed by atoms with van der Waals surface area (Å²) in [4.78, 5) is 14.3. The molecule has 2 rings (SSSR count). The van der Waals surface area contributed by atoms with Gasteiger partial charge < -0.3 is 15.1 Å². The van der Waals surface area contributed by atoms with Crippen molar-refractivity contribution in [2.24, 2.45) is 5.92 Å². The van der Waals surface area contributed by atoms with Crippen LogP contribution in [0.15, 0.2) is 18.2 Å². The van der Waals surface area contributed by atoms with E-state index in [4.69, 9.17) is 0 Å². The highest BCUT2D eigenvalue weighted by atomic mass is 79.9. The van der Waals surface area contributed by atoms with Crippen molar-refractivity contribution >= 4 is 21.8 Å². The van der Waals surface area contributed by atoms with Crippen molar-refractivity contribution in [3.8, 4) is 11.5 Å². The van der Waals surface area contributed by atoms with Gasteiger partial charge in [-0.2, -0.15) is 0 Å². The lowest BCUT2D eigenvalue weighted by molar-refractivity contribution is 0.0705. The highest BCUT2D eigenvalue weighted by Gasteiger charge is 2.27. The molecule has 0 aliphatic carbocycles. The zero-order valence-corrected chi connectivity index (χ0v) is 11.7. The van der Waals surface area contributed by atoms with E-state index in [1.54, 1.807) is 4.90 Å². The number of benzene rings is 1. The Kier molecular flexibility index (Phi) is 3.80. The molecule has 1 saturated heterocycles. The average Bonchev–Trinajstić information content (AvgIpc) is 2.30. The maximum absolute atomic E-state index is 12.2. The predicted octanol–water partition coefficient (Wildman–Crippen LogP) is 2.34. The van der Waals surface area contributed by atoms with E-state index in [1.165, 1.54) is 18.2 Å². The number of phenols is 2. The molecule has 2 atom stereocenters. The first-order valence-corrected chi connectivity index (χ1v) is 6.85. The number of halogens is 1. The van der Waals surface area contributed by atoms with Gasteiger partial charge in [0.15, 0.2) is 0 Å². The zero-order chi connectivity index (χ0) is 13.3. The van der Waals surface area contributed by atoms with E-state index in [2.05, 4.69) is 22.9 Å². The minimum Gasteiger partial charge on any atom is -0.508 e. The third-order valence-electron chi connectivity index (χ3n) is 3.30. The topological polar surface area (TPSA) is 60.8 Å². The summed E-state index contributed by atoms with van der Waals surface area (Å²) in [6, 6.07) is 3.97. The summed E-state index contributed by atoms with van der Waals surface area (Å²) in [7, 11) is 0. The number of nitrogens with zero attached hydrogens (tertiary/aromatic N) is 1. The fourth-order valence-corrected chi connectivity index (χ4v) is 2.72. The molecule has 18 heavy (non-hydrogen) atoms. The first-order chi connectivity index (χ1) is 8.47. The molecular formula is C13H16BrNO3. The standard InChI is InChI=1S/C13H16BrNO3/c1-8-2-3-15(7-12(8)14)13(18)9-4-10(16)6-11(17)5-9/h4-6,8,12,16-17H,2-3,7H2,1H3. The van der Waals surface area contributed by atoms with E-state index in [1.807, 2.05) is 0 Å². The van der Waals surface area contributed by atoms with Crippen LogP contribution in [0, 0.1) is 5.92 Å². The number of amides is 1. The lowest BCUT2D eigenvalue weighted by Gasteiger charge is -2.34. The Bertz CT molecular complexity index is 443. The van der Waals surface area contributed by atoms with E-state index < -0.39 is 0 Å². The van der Waals surface area contributed by atoms with Gasteiger partial charge >= 0.3 is 0 Å². The molecule has 1 aliphatic rings. The van der Waals surface area contributed by atoms with Gasteiger partial charge in [0.05, 0.1) is 0 Å². The largest absolute Gasteiger partial charge is 0.508 e. The molecule has 1 heterocycles. The molecule has 2 N–H and O–H groups in total. The molecule has 0 bridgehead atoms. The Morgan fingerprint density at radius 3 is 2.50 bits per heavy atom. The van der Waals surface area contributed by atoms with E-state index in [0.29, 0.717) is 29.4 Å². The summed E-state index contributed by atoms with van der Waals surface area (Å²) in [6.07, 6.45) is 0.951. The predicted molar refractivity (Wildman–Crippen MR) is 72.2 cm³/mol. The van der Waals surface area contributed by atoms with Gasteiger partial charge in [-0.25, -0.2) is 0 Å². The molecule has 0 spiro atoms. The van der Waals surface area contributed by atoms with Crippen molar-refractivity contribution in [2.45, 2.75) is 18.2 Å². The Morgan fingerprint density at radius 2 is 1.94 bits per heavy atom. The molecule has 0 radical (unpaired) electrons. The van der Waals surface area contributed by atoms with Crippen molar-refractivity contribution in [1.82, 2.24) is 4.90 Å². The molecule has 2 unspecified atom stereocenters. The van der Waals surface area contributed by atoms with Crippen molar-refractivity contribution in [2.75, 3.05) is 13.1 Å². The molecule has 1 aliphatic heterocycles. The number of aromatic hydroxyl groups is 2. The normalized spacial score (nSPS) is 24.0.